The third-order valence-corrected chi connectivity index (χ3v) is 3.66. The van der Waals surface area contributed by atoms with Crippen molar-refractivity contribution in [2.24, 2.45) is 0 Å². The Morgan fingerprint density at radius 3 is 2.35 bits per heavy atom. The Kier molecular flexibility index (Phi) is 4.91. The van der Waals surface area contributed by atoms with Gasteiger partial charge in [-0.25, -0.2) is 4.39 Å². The minimum Gasteiger partial charge on any atom is -0.281 e. The quantitative estimate of drug-likeness (QED) is 0.742. The average Bonchev–Trinajstić information content (AvgIpc) is 2.45. The lowest BCUT2D eigenvalue weighted by molar-refractivity contribution is -0.113. The van der Waals surface area contributed by atoms with Crippen molar-refractivity contribution in [3.05, 3.63) is 71.0 Å². The Bertz CT molecular complexity index is 592. The first-order valence-electron chi connectivity index (χ1n) is 6.62. The van der Waals surface area contributed by atoms with E-state index in [0.717, 1.165) is 12.0 Å². The molecule has 0 bridgehead atoms. The van der Waals surface area contributed by atoms with Gasteiger partial charge in [-0.15, -0.1) is 0 Å². The van der Waals surface area contributed by atoms with E-state index in [0.29, 0.717) is 12.0 Å². The number of carbonyl (C=O) groups excluding carboxylic acids is 1. The van der Waals surface area contributed by atoms with Crippen molar-refractivity contribution in [3.63, 3.8) is 0 Å². The number of rotatable bonds is 5. The van der Waals surface area contributed by atoms with Gasteiger partial charge in [-0.05, 0) is 53.3 Å². The van der Waals surface area contributed by atoms with Crippen molar-refractivity contribution in [1.82, 2.24) is 0 Å². The summed E-state index contributed by atoms with van der Waals surface area (Å²) in [6.07, 6.45) is 1.46. The number of hydrogen-bond acceptors (Lipinski definition) is 1. The fourth-order valence-corrected chi connectivity index (χ4v) is 2.40. The second kappa shape index (κ2) is 6.67. The maximum absolute atomic E-state index is 13.3. The molecule has 2 aromatic carbocycles. The van der Waals surface area contributed by atoms with Crippen molar-refractivity contribution < 1.29 is 9.18 Å². The molecule has 1 nitrogen and oxygen atoms in total. The van der Waals surface area contributed by atoms with Crippen LogP contribution in [0.5, 0.6) is 0 Å². The Morgan fingerprint density at radius 1 is 1.15 bits per heavy atom. The van der Waals surface area contributed by atoms with Gasteiger partial charge < -0.3 is 0 Å². The molecule has 20 heavy (non-hydrogen) atoms. The van der Waals surface area contributed by atoms with Crippen LogP contribution in [0.25, 0.3) is 0 Å². The van der Waals surface area contributed by atoms with E-state index < -0.39 is 11.2 Å². The van der Waals surface area contributed by atoms with Crippen LogP contribution in [0.1, 0.15) is 29.5 Å². The summed E-state index contributed by atoms with van der Waals surface area (Å²) in [4.78, 5) is 11.6. The molecule has 104 valence electrons. The highest BCUT2D eigenvalue weighted by molar-refractivity contribution is 6.64. The molecular weight excluding hydrogens is 275 g/mol. The molecule has 0 amide bonds. The summed E-state index contributed by atoms with van der Waals surface area (Å²) in [5.74, 6) is -0.869. The highest BCUT2D eigenvalue weighted by atomic mass is 35.5. The van der Waals surface area contributed by atoms with Gasteiger partial charge in [0.2, 0.25) is 5.24 Å². The summed E-state index contributed by atoms with van der Waals surface area (Å²) >= 11 is 5.68. The van der Waals surface area contributed by atoms with Crippen molar-refractivity contribution in [2.45, 2.75) is 25.7 Å². The first-order valence-corrected chi connectivity index (χ1v) is 7.00. The zero-order chi connectivity index (χ0) is 14.5. The van der Waals surface area contributed by atoms with E-state index in [1.807, 2.05) is 24.3 Å². The van der Waals surface area contributed by atoms with Crippen LogP contribution in [0, 0.1) is 5.82 Å². The molecule has 1 atom stereocenters. The first-order chi connectivity index (χ1) is 9.60. The van der Waals surface area contributed by atoms with Crippen molar-refractivity contribution in [2.75, 3.05) is 0 Å². The minimum atomic E-state index is -0.514. The monoisotopic (exact) mass is 290 g/mol. The molecule has 0 aliphatic carbocycles. The lowest BCUT2D eigenvalue weighted by atomic mass is 9.92. The van der Waals surface area contributed by atoms with Gasteiger partial charge >= 0.3 is 0 Å². The number of aryl methyl sites for hydroxylation is 1. The first kappa shape index (κ1) is 14.7. The van der Waals surface area contributed by atoms with Gasteiger partial charge in [0.05, 0.1) is 5.92 Å². The van der Waals surface area contributed by atoms with Crippen molar-refractivity contribution in [3.8, 4) is 0 Å². The van der Waals surface area contributed by atoms with Crippen LogP contribution in [0.4, 0.5) is 4.39 Å². The maximum Gasteiger partial charge on any atom is 0.229 e. The van der Waals surface area contributed by atoms with Gasteiger partial charge in [0.15, 0.2) is 0 Å². The molecule has 0 aliphatic heterocycles. The number of carbonyl (C=O) groups is 1. The fourth-order valence-electron chi connectivity index (χ4n) is 2.20. The Morgan fingerprint density at radius 2 is 1.80 bits per heavy atom. The number of halogens is 2. The Labute approximate surface area is 123 Å². The van der Waals surface area contributed by atoms with Crippen molar-refractivity contribution >= 4 is 16.8 Å². The van der Waals surface area contributed by atoms with Crippen LogP contribution in [0.15, 0.2) is 48.5 Å². The van der Waals surface area contributed by atoms with E-state index >= 15 is 0 Å². The van der Waals surface area contributed by atoms with Crippen LogP contribution in [-0.4, -0.2) is 5.24 Å². The lowest BCUT2D eigenvalue weighted by Crippen LogP contribution is -2.10. The van der Waals surface area contributed by atoms with Gasteiger partial charge in [-0.3, -0.25) is 4.79 Å². The van der Waals surface area contributed by atoms with Gasteiger partial charge in [-0.2, -0.15) is 0 Å². The molecule has 0 radical (unpaired) electrons. The lowest BCUT2D eigenvalue weighted by Gasteiger charge is -2.13. The Balaban J connectivity index is 2.23. The summed E-state index contributed by atoms with van der Waals surface area (Å²) in [7, 11) is 0. The van der Waals surface area contributed by atoms with Gasteiger partial charge in [0.1, 0.15) is 5.82 Å². The van der Waals surface area contributed by atoms with Crippen LogP contribution >= 0.6 is 11.6 Å². The predicted molar refractivity (Wildman–Crippen MR) is 79.5 cm³/mol. The molecule has 0 aromatic heterocycles. The maximum atomic E-state index is 13.3. The molecule has 0 spiro atoms. The van der Waals surface area contributed by atoms with E-state index in [1.54, 1.807) is 12.1 Å². The minimum absolute atomic E-state index is 0.355. The highest BCUT2D eigenvalue weighted by Gasteiger charge is 2.19. The van der Waals surface area contributed by atoms with E-state index in [9.17, 15) is 9.18 Å². The standard InChI is InChI=1S/C17H16ClFO/c1-2-12-6-8-13(9-7-12)10-16(17(18)20)14-4-3-5-15(19)11-14/h3-9,11,16H,2,10H2,1H3. The summed E-state index contributed by atoms with van der Waals surface area (Å²) in [6.45, 7) is 2.09. The van der Waals surface area contributed by atoms with Crippen LogP contribution < -0.4 is 0 Å². The van der Waals surface area contributed by atoms with Crippen LogP contribution in [-0.2, 0) is 17.6 Å². The summed E-state index contributed by atoms with van der Waals surface area (Å²) in [5.41, 5.74) is 2.88. The smallest absolute Gasteiger partial charge is 0.229 e. The van der Waals surface area contributed by atoms with Crippen molar-refractivity contribution in [1.29, 1.82) is 0 Å². The molecule has 0 fully saturated rings. The summed E-state index contributed by atoms with van der Waals surface area (Å²) in [5, 5.41) is -0.463. The second-order valence-corrected chi connectivity index (χ2v) is 5.16. The SMILES string of the molecule is CCc1ccc(CC(C(=O)Cl)c2cccc(F)c2)cc1. The highest BCUT2D eigenvalue weighted by Crippen LogP contribution is 2.24. The molecule has 0 aliphatic rings. The molecule has 2 aromatic rings. The van der Waals surface area contributed by atoms with E-state index in [-0.39, 0.29) is 5.82 Å². The molecule has 0 N–H and O–H groups in total. The number of hydrogen-bond donors (Lipinski definition) is 0. The van der Waals surface area contributed by atoms with E-state index in [1.165, 1.54) is 17.7 Å². The summed E-state index contributed by atoms with van der Waals surface area (Å²) < 4.78 is 13.3. The topological polar surface area (TPSA) is 17.1 Å². The average molecular weight is 291 g/mol. The Hall–Kier alpha value is -1.67. The second-order valence-electron chi connectivity index (χ2n) is 4.79. The van der Waals surface area contributed by atoms with E-state index in [4.69, 9.17) is 11.6 Å². The summed E-state index contributed by atoms with van der Waals surface area (Å²) in [6, 6.07) is 14.1. The largest absolute Gasteiger partial charge is 0.281 e. The predicted octanol–water partition coefficient (Wildman–Crippen LogP) is 4.48. The molecule has 0 heterocycles. The molecular formula is C17H16ClFO. The third-order valence-electron chi connectivity index (χ3n) is 3.40. The molecule has 0 saturated carbocycles. The van der Waals surface area contributed by atoms with Gasteiger partial charge in [0, 0.05) is 0 Å². The molecule has 2 rings (SSSR count). The fraction of sp³-hybridized carbons (Fsp3) is 0.235. The third kappa shape index (κ3) is 3.67. The molecule has 0 saturated heterocycles. The van der Waals surface area contributed by atoms with E-state index in [2.05, 4.69) is 6.92 Å². The molecule has 3 heteroatoms. The van der Waals surface area contributed by atoms with Gasteiger partial charge in [0.25, 0.3) is 0 Å². The zero-order valence-electron chi connectivity index (χ0n) is 11.3. The van der Waals surface area contributed by atoms with Crippen LogP contribution in [0.3, 0.4) is 0 Å². The molecule has 1 unspecified atom stereocenters. The van der Waals surface area contributed by atoms with Crippen LogP contribution in [0.2, 0.25) is 0 Å². The normalized spacial score (nSPS) is 12.2. The van der Waals surface area contributed by atoms with Gasteiger partial charge in [-0.1, -0.05) is 43.3 Å². The number of benzene rings is 2. The zero-order valence-corrected chi connectivity index (χ0v) is 12.0.